The zero-order chi connectivity index (χ0) is 21.9. The summed E-state index contributed by atoms with van der Waals surface area (Å²) in [6.07, 6.45) is 3.24. The first kappa shape index (κ1) is 22.0. The van der Waals surface area contributed by atoms with Crippen LogP contribution in [-0.4, -0.2) is 31.3 Å². The molecule has 0 radical (unpaired) electrons. The van der Waals surface area contributed by atoms with Crippen LogP contribution in [0.5, 0.6) is 0 Å². The number of sulfonamides is 1. The maximum atomic E-state index is 13.2. The molecule has 2 aromatic carbocycles. The van der Waals surface area contributed by atoms with Crippen LogP contribution in [-0.2, 0) is 14.8 Å². The largest absolute Gasteiger partial charge is 0.284 e. The molecule has 1 aliphatic heterocycles. The summed E-state index contributed by atoms with van der Waals surface area (Å²) in [6.45, 7) is 6.08. The smallest absolute Gasteiger partial charge is 0.246 e. The highest BCUT2D eigenvalue weighted by Gasteiger charge is 2.35. The van der Waals surface area contributed by atoms with Crippen molar-refractivity contribution in [1.29, 1.82) is 0 Å². The first-order valence-electron chi connectivity index (χ1n) is 10.3. The van der Waals surface area contributed by atoms with Crippen molar-refractivity contribution in [2.24, 2.45) is 11.0 Å². The van der Waals surface area contributed by atoms with Gasteiger partial charge in [-0.2, -0.15) is 5.10 Å². The summed E-state index contributed by atoms with van der Waals surface area (Å²) in [5.41, 5.74) is 4.25. The maximum absolute atomic E-state index is 13.2. The van der Waals surface area contributed by atoms with Gasteiger partial charge >= 0.3 is 0 Å². The molecule has 0 unspecified atom stereocenters. The zero-order valence-electron chi connectivity index (χ0n) is 17.9. The van der Waals surface area contributed by atoms with Gasteiger partial charge in [-0.05, 0) is 43.0 Å². The average Bonchev–Trinajstić information content (AvgIpc) is 3.13. The SMILES string of the molecule is CCC(CC)C(=O)N1N=C(c2cccc(NS(C)(=O)=O)c2)C[C@H]1c1cccc(C)c1. The van der Waals surface area contributed by atoms with E-state index < -0.39 is 10.0 Å². The molecule has 30 heavy (non-hydrogen) atoms. The summed E-state index contributed by atoms with van der Waals surface area (Å²) in [5, 5.41) is 6.36. The molecule has 0 aliphatic carbocycles. The van der Waals surface area contributed by atoms with Crippen molar-refractivity contribution in [3.63, 3.8) is 0 Å². The summed E-state index contributed by atoms with van der Waals surface area (Å²) >= 11 is 0. The van der Waals surface area contributed by atoms with Gasteiger partial charge in [0.25, 0.3) is 0 Å². The lowest BCUT2D eigenvalue weighted by atomic mass is 9.95. The molecular weight excluding hydrogens is 398 g/mol. The summed E-state index contributed by atoms with van der Waals surface area (Å²) in [4.78, 5) is 13.2. The summed E-state index contributed by atoms with van der Waals surface area (Å²) in [6, 6.07) is 15.1. The number of anilines is 1. The minimum Gasteiger partial charge on any atom is -0.284 e. The normalized spacial score (nSPS) is 16.6. The van der Waals surface area contributed by atoms with Gasteiger partial charge in [0.1, 0.15) is 0 Å². The molecule has 1 N–H and O–H groups in total. The highest BCUT2D eigenvalue weighted by Crippen LogP contribution is 2.35. The Morgan fingerprint density at radius 3 is 2.50 bits per heavy atom. The second-order valence-corrected chi connectivity index (χ2v) is 9.58. The Bertz CT molecular complexity index is 1060. The number of hydrogen-bond acceptors (Lipinski definition) is 4. The van der Waals surface area contributed by atoms with Crippen LogP contribution in [0.1, 0.15) is 55.8 Å². The molecule has 1 atom stereocenters. The molecule has 1 aliphatic rings. The number of carbonyl (C=O) groups is 1. The Morgan fingerprint density at radius 1 is 1.17 bits per heavy atom. The molecule has 0 fully saturated rings. The van der Waals surface area contributed by atoms with E-state index in [4.69, 9.17) is 5.10 Å². The average molecular weight is 428 g/mol. The van der Waals surface area contributed by atoms with Crippen LogP contribution < -0.4 is 4.72 Å². The van der Waals surface area contributed by atoms with Crippen molar-refractivity contribution in [2.45, 2.75) is 46.1 Å². The number of nitrogens with zero attached hydrogens (tertiary/aromatic N) is 2. The Morgan fingerprint density at radius 2 is 1.87 bits per heavy atom. The van der Waals surface area contributed by atoms with E-state index in [2.05, 4.69) is 10.8 Å². The van der Waals surface area contributed by atoms with E-state index in [9.17, 15) is 13.2 Å². The highest BCUT2D eigenvalue weighted by molar-refractivity contribution is 7.92. The Kier molecular flexibility index (Phi) is 6.61. The quantitative estimate of drug-likeness (QED) is 0.707. The first-order chi connectivity index (χ1) is 14.2. The van der Waals surface area contributed by atoms with E-state index in [1.54, 1.807) is 23.2 Å². The third kappa shape index (κ3) is 5.08. The van der Waals surface area contributed by atoms with Crippen molar-refractivity contribution in [1.82, 2.24) is 5.01 Å². The van der Waals surface area contributed by atoms with Crippen LogP contribution in [0.15, 0.2) is 53.6 Å². The van der Waals surface area contributed by atoms with Gasteiger partial charge in [-0.1, -0.05) is 55.8 Å². The van der Waals surface area contributed by atoms with Crippen LogP contribution in [0.2, 0.25) is 0 Å². The fourth-order valence-corrected chi connectivity index (χ4v) is 4.38. The minimum atomic E-state index is -3.37. The zero-order valence-corrected chi connectivity index (χ0v) is 18.7. The topological polar surface area (TPSA) is 78.8 Å². The minimum absolute atomic E-state index is 0.0342. The second kappa shape index (κ2) is 9.00. The molecule has 7 heteroatoms. The van der Waals surface area contributed by atoms with Crippen LogP contribution in [0.4, 0.5) is 5.69 Å². The fourth-order valence-electron chi connectivity index (χ4n) is 3.83. The summed E-state index contributed by atoms with van der Waals surface area (Å²) in [7, 11) is -3.37. The van der Waals surface area contributed by atoms with E-state index in [0.29, 0.717) is 12.1 Å². The molecule has 0 spiro atoms. The third-order valence-electron chi connectivity index (χ3n) is 5.40. The van der Waals surface area contributed by atoms with Gasteiger partial charge in [-0.15, -0.1) is 0 Å². The molecule has 3 rings (SSSR count). The fraction of sp³-hybridized carbons (Fsp3) is 0.391. The number of nitrogens with one attached hydrogen (secondary N) is 1. The van der Waals surface area contributed by atoms with E-state index in [-0.39, 0.29) is 17.9 Å². The van der Waals surface area contributed by atoms with E-state index in [1.807, 2.05) is 45.0 Å². The molecular formula is C23H29N3O3S. The van der Waals surface area contributed by atoms with Gasteiger partial charge in [0.15, 0.2) is 0 Å². The molecule has 1 heterocycles. The summed E-state index contributed by atoms with van der Waals surface area (Å²) < 4.78 is 25.7. The molecule has 2 aromatic rings. The maximum Gasteiger partial charge on any atom is 0.246 e. The Labute approximate surface area is 179 Å². The van der Waals surface area contributed by atoms with Crippen LogP contribution in [0.25, 0.3) is 0 Å². The lowest BCUT2D eigenvalue weighted by molar-refractivity contribution is -0.137. The van der Waals surface area contributed by atoms with E-state index in [1.165, 1.54) is 0 Å². The Balaban J connectivity index is 1.99. The molecule has 0 aromatic heterocycles. The van der Waals surface area contributed by atoms with Crippen LogP contribution in [0, 0.1) is 12.8 Å². The Hall–Kier alpha value is -2.67. The van der Waals surface area contributed by atoms with Gasteiger partial charge in [-0.3, -0.25) is 9.52 Å². The van der Waals surface area contributed by atoms with E-state index in [0.717, 1.165) is 41.5 Å². The number of carbonyl (C=O) groups excluding carboxylic acids is 1. The van der Waals surface area contributed by atoms with Gasteiger partial charge in [-0.25, -0.2) is 13.4 Å². The predicted octanol–water partition coefficient (Wildman–Crippen LogP) is 4.48. The number of rotatable bonds is 7. The molecule has 0 saturated heterocycles. The van der Waals surface area contributed by atoms with Crippen molar-refractivity contribution in [3.8, 4) is 0 Å². The monoisotopic (exact) mass is 427 g/mol. The van der Waals surface area contributed by atoms with Gasteiger partial charge in [0, 0.05) is 18.0 Å². The third-order valence-corrected chi connectivity index (χ3v) is 6.00. The van der Waals surface area contributed by atoms with Crippen molar-refractivity contribution in [3.05, 3.63) is 65.2 Å². The molecule has 0 bridgehead atoms. The summed E-state index contributed by atoms with van der Waals surface area (Å²) in [5.74, 6) is -0.0365. The molecule has 6 nitrogen and oxygen atoms in total. The van der Waals surface area contributed by atoms with Crippen LogP contribution >= 0.6 is 0 Å². The van der Waals surface area contributed by atoms with Crippen molar-refractivity contribution >= 4 is 27.3 Å². The second-order valence-electron chi connectivity index (χ2n) is 7.83. The number of amides is 1. The molecule has 0 saturated carbocycles. The van der Waals surface area contributed by atoms with Crippen molar-refractivity contribution < 1.29 is 13.2 Å². The molecule has 160 valence electrons. The number of hydrogen-bond donors (Lipinski definition) is 1. The van der Waals surface area contributed by atoms with Gasteiger partial charge < -0.3 is 0 Å². The highest BCUT2D eigenvalue weighted by atomic mass is 32.2. The standard InChI is InChI=1S/C23H29N3O3S/c1-5-17(6-2)23(27)26-22(19-11-7-9-16(3)13-19)15-21(24-26)18-10-8-12-20(14-18)25-30(4,28)29/h7-14,17,22,25H,5-6,15H2,1-4H3/t22-/m0/s1. The van der Waals surface area contributed by atoms with Gasteiger partial charge in [0.05, 0.1) is 18.0 Å². The molecule has 1 amide bonds. The predicted molar refractivity (Wildman–Crippen MR) is 121 cm³/mol. The lowest BCUT2D eigenvalue weighted by Gasteiger charge is -2.25. The first-order valence-corrected chi connectivity index (χ1v) is 12.2. The number of benzene rings is 2. The van der Waals surface area contributed by atoms with Crippen molar-refractivity contribution in [2.75, 3.05) is 11.0 Å². The number of hydrazone groups is 1. The lowest BCUT2D eigenvalue weighted by Crippen LogP contribution is -2.32. The van der Waals surface area contributed by atoms with Crippen LogP contribution in [0.3, 0.4) is 0 Å². The van der Waals surface area contributed by atoms with E-state index >= 15 is 0 Å². The van der Waals surface area contributed by atoms with Gasteiger partial charge in [0.2, 0.25) is 15.9 Å². The number of aryl methyl sites for hydroxylation is 1.